The fraction of sp³-hybridized carbons (Fsp3) is 0.676. The normalized spacial score (nSPS) is 39.3. The molecule has 0 amide bonds. The summed E-state index contributed by atoms with van der Waals surface area (Å²) in [5.41, 5.74) is 1.98. The Morgan fingerprint density at radius 1 is 0.460 bits per heavy atom. The van der Waals surface area contributed by atoms with Crippen LogP contribution in [0.15, 0.2) is 60.7 Å². The summed E-state index contributed by atoms with van der Waals surface area (Å²) < 4.78 is 74.0. The lowest BCUT2D eigenvalue weighted by atomic mass is 9.96. The third-order valence-corrected chi connectivity index (χ3v) is 9.68. The largest absolute Gasteiger partial charge is 0.385 e. The van der Waals surface area contributed by atoms with Gasteiger partial charge in [0, 0.05) is 35.5 Å². The van der Waals surface area contributed by atoms with Crippen molar-refractivity contribution in [3.8, 4) is 0 Å². The zero-order valence-corrected chi connectivity index (χ0v) is 30.2. The fourth-order valence-electron chi connectivity index (χ4n) is 7.04. The molecule has 0 saturated carbocycles. The summed E-state index contributed by atoms with van der Waals surface area (Å²) in [5.74, 6) is 0. The van der Waals surface area contributed by atoms with Crippen LogP contribution in [0.1, 0.15) is 31.9 Å². The molecule has 15 atom stereocenters. The van der Waals surface area contributed by atoms with Crippen molar-refractivity contribution in [2.24, 2.45) is 0 Å². The molecule has 3 fully saturated rings. The Morgan fingerprint density at radius 3 is 1.38 bits per heavy atom. The van der Waals surface area contributed by atoms with E-state index in [-0.39, 0.29) is 0 Å². The van der Waals surface area contributed by atoms with Crippen LogP contribution in [0.25, 0.3) is 0 Å². The molecule has 3 heterocycles. The minimum atomic E-state index is -1.23. The van der Waals surface area contributed by atoms with E-state index in [4.69, 9.17) is 56.8 Å². The van der Waals surface area contributed by atoms with Crippen molar-refractivity contribution in [3.63, 3.8) is 0 Å². The van der Waals surface area contributed by atoms with Crippen LogP contribution in [-0.2, 0) is 70.1 Å². The highest BCUT2D eigenvalue weighted by atomic mass is 16.8. The SMILES string of the molecule is CO[C@@H]1O[C@@H](C)[C@H](O[C@@H]2O[C@@H](C)[C@H](OCc3ccccc3)[C@@H](OC)[C@H]2O[C@@H]2O[C@@H](C)[C@H](OCc3ccccc3)[C@@H](OC)[C@H]2O)[C@@H](OC)[C@H]1OC. The molecule has 0 spiro atoms. The smallest absolute Gasteiger partial charge is 0.187 e. The molecule has 50 heavy (non-hydrogen) atoms. The van der Waals surface area contributed by atoms with Crippen molar-refractivity contribution in [2.75, 3.05) is 35.5 Å². The van der Waals surface area contributed by atoms with Crippen LogP contribution in [0.2, 0.25) is 0 Å². The van der Waals surface area contributed by atoms with Gasteiger partial charge >= 0.3 is 0 Å². The van der Waals surface area contributed by atoms with Crippen LogP contribution in [0.3, 0.4) is 0 Å². The Kier molecular flexibility index (Phi) is 14.6. The van der Waals surface area contributed by atoms with Crippen molar-refractivity contribution in [3.05, 3.63) is 71.8 Å². The molecule has 13 nitrogen and oxygen atoms in total. The summed E-state index contributed by atoms with van der Waals surface area (Å²) in [4.78, 5) is 0. The van der Waals surface area contributed by atoms with Crippen LogP contribution in [-0.4, -0.2) is 133 Å². The molecule has 0 bridgehead atoms. The van der Waals surface area contributed by atoms with E-state index >= 15 is 0 Å². The second-order valence-electron chi connectivity index (χ2n) is 12.9. The first-order chi connectivity index (χ1) is 24.2. The van der Waals surface area contributed by atoms with Crippen molar-refractivity contribution in [1.82, 2.24) is 0 Å². The van der Waals surface area contributed by atoms with E-state index in [1.165, 1.54) is 7.11 Å². The molecule has 3 aliphatic rings. The highest BCUT2D eigenvalue weighted by Gasteiger charge is 2.54. The van der Waals surface area contributed by atoms with E-state index < -0.39 is 92.1 Å². The first-order valence-electron chi connectivity index (χ1n) is 17.1. The standard InChI is InChI=1S/C37H54O13/c1-21-27(44-19-24-15-11-9-12-16-24)30(39-4)26(38)35(46-21)50-34-31(40-5)28(45-20-25-17-13-10-14-18-25)22(2)48-37(34)49-29-23(3)47-36(43-8)33(42-7)32(29)41-6/h9-18,21-23,26-38H,19-20H2,1-8H3/t21-,22-,23-,26+,27-,28-,29-,30-,31+,32+,33+,34+,35-,36+,37-/m0/s1. The first-order valence-corrected chi connectivity index (χ1v) is 17.1. The van der Waals surface area contributed by atoms with Gasteiger partial charge in [0.1, 0.15) is 54.9 Å². The van der Waals surface area contributed by atoms with E-state index in [0.717, 1.165) is 11.1 Å². The quantitative estimate of drug-likeness (QED) is 0.291. The fourth-order valence-corrected chi connectivity index (χ4v) is 7.04. The van der Waals surface area contributed by atoms with Gasteiger partial charge in [-0.25, -0.2) is 0 Å². The van der Waals surface area contributed by atoms with Gasteiger partial charge in [-0.15, -0.1) is 0 Å². The molecule has 5 rings (SSSR count). The molecule has 2 aromatic carbocycles. The number of methoxy groups -OCH3 is 5. The lowest BCUT2D eigenvalue weighted by Crippen LogP contribution is -2.66. The second-order valence-corrected chi connectivity index (χ2v) is 12.9. The molecule has 0 aliphatic carbocycles. The molecule has 13 heteroatoms. The molecule has 3 aliphatic heterocycles. The number of hydrogen-bond acceptors (Lipinski definition) is 13. The van der Waals surface area contributed by atoms with Gasteiger partial charge in [0.15, 0.2) is 18.9 Å². The van der Waals surface area contributed by atoms with Gasteiger partial charge in [0.25, 0.3) is 0 Å². The number of rotatable bonds is 15. The van der Waals surface area contributed by atoms with Crippen molar-refractivity contribution < 1.29 is 61.9 Å². The number of benzene rings is 2. The highest BCUT2D eigenvalue weighted by Crippen LogP contribution is 2.36. The predicted molar refractivity (Wildman–Crippen MR) is 179 cm³/mol. The summed E-state index contributed by atoms with van der Waals surface area (Å²) >= 11 is 0. The molecule has 0 unspecified atom stereocenters. The second kappa shape index (κ2) is 18.6. The van der Waals surface area contributed by atoms with E-state index in [1.807, 2.05) is 81.4 Å². The molecular formula is C37H54O13. The van der Waals surface area contributed by atoms with Crippen LogP contribution >= 0.6 is 0 Å². The Labute approximate surface area is 295 Å². The maximum absolute atomic E-state index is 11.6. The third-order valence-electron chi connectivity index (χ3n) is 9.68. The highest BCUT2D eigenvalue weighted by molar-refractivity contribution is 5.14. The Bertz CT molecular complexity index is 1260. The molecule has 0 aromatic heterocycles. The molecule has 0 radical (unpaired) electrons. The average molecular weight is 707 g/mol. The summed E-state index contributed by atoms with van der Waals surface area (Å²) in [7, 11) is 7.80. The Balaban J connectivity index is 1.39. The Morgan fingerprint density at radius 2 is 0.880 bits per heavy atom. The van der Waals surface area contributed by atoms with Crippen LogP contribution in [0.5, 0.6) is 0 Å². The zero-order chi connectivity index (χ0) is 35.8. The molecule has 3 saturated heterocycles. The lowest BCUT2D eigenvalue weighted by molar-refractivity contribution is -0.389. The maximum atomic E-state index is 11.6. The lowest BCUT2D eigenvalue weighted by Gasteiger charge is -2.50. The van der Waals surface area contributed by atoms with E-state index in [2.05, 4.69) is 0 Å². The third kappa shape index (κ3) is 8.92. The molecule has 1 N–H and O–H groups in total. The van der Waals surface area contributed by atoms with Crippen molar-refractivity contribution in [2.45, 2.75) is 126 Å². The number of ether oxygens (including phenoxy) is 12. The van der Waals surface area contributed by atoms with E-state index in [0.29, 0.717) is 13.2 Å². The van der Waals surface area contributed by atoms with Crippen LogP contribution < -0.4 is 0 Å². The number of hydrogen-bond donors (Lipinski definition) is 1. The zero-order valence-electron chi connectivity index (χ0n) is 30.2. The molecule has 2 aromatic rings. The monoisotopic (exact) mass is 706 g/mol. The minimum Gasteiger partial charge on any atom is -0.385 e. The topological polar surface area (TPSA) is 131 Å². The summed E-state index contributed by atoms with van der Waals surface area (Å²) in [6, 6.07) is 19.6. The van der Waals surface area contributed by atoms with Gasteiger partial charge in [-0.1, -0.05) is 60.7 Å². The molecular weight excluding hydrogens is 652 g/mol. The summed E-state index contributed by atoms with van der Waals surface area (Å²) in [6.07, 6.45) is -11.0. The predicted octanol–water partition coefficient (Wildman–Crippen LogP) is 3.23. The van der Waals surface area contributed by atoms with Gasteiger partial charge in [0.2, 0.25) is 0 Å². The van der Waals surface area contributed by atoms with Crippen LogP contribution in [0, 0.1) is 0 Å². The first kappa shape index (κ1) is 39.1. The van der Waals surface area contributed by atoms with E-state index in [1.54, 1.807) is 28.4 Å². The molecule has 280 valence electrons. The number of aliphatic hydroxyl groups is 1. The summed E-state index contributed by atoms with van der Waals surface area (Å²) in [6.45, 7) is 6.26. The van der Waals surface area contributed by atoms with Gasteiger partial charge in [0.05, 0.1) is 31.5 Å². The Hall–Kier alpha value is -2.08. The van der Waals surface area contributed by atoms with Gasteiger partial charge in [-0.2, -0.15) is 0 Å². The van der Waals surface area contributed by atoms with Crippen molar-refractivity contribution >= 4 is 0 Å². The van der Waals surface area contributed by atoms with E-state index in [9.17, 15) is 5.11 Å². The number of aliphatic hydroxyl groups excluding tert-OH is 1. The van der Waals surface area contributed by atoms with Gasteiger partial charge < -0.3 is 61.9 Å². The minimum absolute atomic E-state index is 0.316. The van der Waals surface area contributed by atoms with Crippen molar-refractivity contribution in [1.29, 1.82) is 0 Å². The maximum Gasteiger partial charge on any atom is 0.187 e. The van der Waals surface area contributed by atoms with Crippen LogP contribution in [0.4, 0.5) is 0 Å². The summed E-state index contributed by atoms with van der Waals surface area (Å²) in [5, 5.41) is 11.6. The average Bonchev–Trinajstić information content (AvgIpc) is 3.13. The van der Waals surface area contributed by atoms with Gasteiger partial charge in [-0.3, -0.25) is 0 Å². The van der Waals surface area contributed by atoms with Gasteiger partial charge in [-0.05, 0) is 31.9 Å².